The molecule has 0 aliphatic heterocycles. The number of hydrogen-bond donors (Lipinski definition) is 0. The van der Waals surface area contributed by atoms with Crippen LogP contribution in [0, 0.1) is 6.92 Å². The molecule has 1 aromatic heterocycles. The summed E-state index contributed by atoms with van der Waals surface area (Å²) in [6.07, 6.45) is 0. The smallest absolute Gasteiger partial charge is 0.160 e. The highest BCUT2D eigenvalue weighted by molar-refractivity contribution is 7.89. The highest BCUT2D eigenvalue weighted by Gasteiger charge is 2.15. The maximum absolute atomic E-state index is 12.2. The van der Waals surface area contributed by atoms with Gasteiger partial charge in [0, 0.05) is 11.1 Å². The second-order valence-corrected chi connectivity index (χ2v) is 8.32. The molecule has 0 spiro atoms. The predicted molar refractivity (Wildman–Crippen MR) is 83.7 cm³/mol. The third kappa shape index (κ3) is 4.15. The zero-order valence-corrected chi connectivity index (χ0v) is 13.6. The van der Waals surface area contributed by atoms with E-state index in [0.29, 0.717) is 10.9 Å². The van der Waals surface area contributed by atoms with Gasteiger partial charge in [0.1, 0.15) is 10.8 Å². The quantitative estimate of drug-likeness (QED) is 0.846. The molecular weight excluding hydrogens is 290 g/mol. The topological polar surface area (TPSA) is 47.0 Å². The number of rotatable bonds is 5. The lowest BCUT2D eigenvalue weighted by Gasteiger charge is -2.07. The highest BCUT2D eigenvalue weighted by atomic mass is 32.2. The van der Waals surface area contributed by atoms with Gasteiger partial charge in [-0.15, -0.1) is 11.3 Å². The summed E-state index contributed by atoms with van der Waals surface area (Å²) in [5.74, 6) is 0.556. The lowest BCUT2D eigenvalue weighted by molar-refractivity contribution is 0.594. The van der Waals surface area contributed by atoms with Gasteiger partial charge in [-0.25, -0.2) is 13.4 Å². The second kappa shape index (κ2) is 6.06. The van der Waals surface area contributed by atoms with E-state index < -0.39 is 9.84 Å². The molecule has 0 N–H and O–H groups in total. The molecule has 108 valence electrons. The van der Waals surface area contributed by atoms with Crippen molar-refractivity contribution in [1.82, 2.24) is 4.98 Å². The van der Waals surface area contributed by atoms with Crippen molar-refractivity contribution < 1.29 is 8.42 Å². The molecule has 2 rings (SSSR count). The Morgan fingerprint density at radius 1 is 1.15 bits per heavy atom. The summed E-state index contributed by atoms with van der Waals surface area (Å²) in [7, 11) is -3.16. The molecule has 0 atom stereocenters. The molecule has 1 heterocycles. The summed E-state index contributed by atoms with van der Waals surface area (Å²) >= 11 is 1.40. The molecule has 0 bridgehead atoms. The first kappa shape index (κ1) is 15.2. The second-order valence-electron chi connectivity index (χ2n) is 5.31. The summed E-state index contributed by atoms with van der Waals surface area (Å²) in [5.41, 5.74) is 2.94. The van der Waals surface area contributed by atoms with E-state index in [0.717, 1.165) is 11.3 Å². The van der Waals surface area contributed by atoms with E-state index >= 15 is 0 Å². The van der Waals surface area contributed by atoms with E-state index in [1.807, 2.05) is 36.6 Å². The van der Waals surface area contributed by atoms with E-state index in [-0.39, 0.29) is 11.5 Å². The van der Waals surface area contributed by atoms with Crippen molar-refractivity contribution in [2.45, 2.75) is 38.2 Å². The number of aryl methyl sites for hydroxylation is 1. The maximum Gasteiger partial charge on any atom is 0.160 e. The van der Waals surface area contributed by atoms with Crippen LogP contribution >= 0.6 is 11.3 Å². The molecule has 0 amide bonds. The Morgan fingerprint density at radius 2 is 1.80 bits per heavy atom. The number of nitrogens with zero attached hydrogens (tertiary/aromatic N) is 1. The van der Waals surface area contributed by atoms with Crippen LogP contribution in [-0.2, 0) is 21.3 Å². The average molecular weight is 309 g/mol. The van der Waals surface area contributed by atoms with Gasteiger partial charge < -0.3 is 0 Å². The normalized spacial score (nSPS) is 12.0. The molecular formula is C15H19NO2S2. The Bertz CT molecular complexity index is 670. The molecule has 0 radical (unpaired) electrons. The zero-order valence-electron chi connectivity index (χ0n) is 12.0. The fraction of sp³-hybridized carbons (Fsp3) is 0.400. The van der Waals surface area contributed by atoms with Crippen LogP contribution in [0.4, 0.5) is 0 Å². The molecule has 0 aliphatic carbocycles. The largest absolute Gasteiger partial charge is 0.245 e. The summed E-state index contributed by atoms with van der Waals surface area (Å²) in [6.45, 7) is 6.12. The Balaban J connectivity index is 2.08. The first-order valence-electron chi connectivity index (χ1n) is 6.56. The lowest BCUT2D eigenvalue weighted by atomic mass is 10.0. The Kier molecular flexibility index (Phi) is 4.60. The molecule has 5 heteroatoms. The monoisotopic (exact) mass is 309 g/mol. The fourth-order valence-corrected chi connectivity index (χ4v) is 4.57. The minimum Gasteiger partial charge on any atom is -0.245 e. The average Bonchev–Trinajstić information content (AvgIpc) is 2.73. The Morgan fingerprint density at radius 3 is 2.30 bits per heavy atom. The number of aromatic nitrogens is 1. The Labute approximate surface area is 124 Å². The van der Waals surface area contributed by atoms with Crippen molar-refractivity contribution in [3.8, 4) is 0 Å². The number of thiazole rings is 1. The number of hydrogen-bond acceptors (Lipinski definition) is 4. The third-order valence-corrected chi connectivity index (χ3v) is 5.68. The lowest BCUT2D eigenvalue weighted by Crippen LogP contribution is -2.07. The van der Waals surface area contributed by atoms with Crippen LogP contribution in [0.2, 0.25) is 0 Å². The van der Waals surface area contributed by atoms with E-state index in [4.69, 9.17) is 0 Å². The van der Waals surface area contributed by atoms with Gasteiger partial charge in [0.05, 0.1) is 5.75 Å². The molecule has 0 aliphatic rings. The van der Waals surface area contributed by atoms with Crippen LogP contribution in [0.5, 0.6) is 0 Å². The molecule has 3 nitrogen and oxygen atoms in total. The Hall–Kier alpha value is -1.20. The standard InChI is InChI=1S/C15H19NO2S2/c1-11(2)14-6-4-13(5-7-14)9-20(17,18)10-15-16-12(3)8-19-15/h4-8,11H,9-10H2,1-3H3. The zero-order chi connectivity index (χ0) is 14.8. The van der Waals surface area contributed by atoms with Gasteiger partial charge in [0.2, 0.25) is 0 Å². The highest BCUT2D eigenvalue weighted by Crippen LogP contribution is 2.18. The molecule has 0 unspecified atom stereocenters. The number of benzene rings is 1. The van der Waals surface area contributed by atoms with Gasteiger partial charge in [-0.1, -0.05) is 38.1 Å². The number of sulfone groups is 1. The van der Waals surface area contributed by atoms with Crippen LogP contribution in [0.25, 0.3) is 0 Å². The molecule has 2 aromatic rings. The van der Waals surface area contributed by atoms with Crippen molar-refractivity contribution in [3.05, 3.63) is 51.5 Å². The van der Waals surface area contributed by atoms with E-state index in [9.17, 15) is 8.42 Å². The van der Waals surface area contributed by atoms with Crippen LogP contribution in [0.15, 0.2) is 29.6 Å². The summed E-state index contributed by atoms with van der Waals surface area (Å²) in [4.78, 5) is 4.21. The molecule has 20 heavy (non-hydrogen) atoms. The SMILES string of the molecule is Cc1csc(CS(=O)(=O)Cc2ccc(C(C)C)cc2)n1. The fourth-order valence-electron chi connectivity index (χ4n) is 1.96. The maximum atomic E-state index is 12.2. The van der Waals surface area contributed by atoms with Crippen LogP contribution < -0.4 is 0 Å². The van der Waals surface area contributed by atoms with Gasteiger partial charge >= 0.3 is 0 Å². The van der Waals surface area contributed by atoms with Gasteiger partial charge in [-0.05, 0) is 24.0 Å². The molecule has 1 aromatic carbocycles. The van der Waals surface area contributed by atoms with Gasteiger partial charge in [0.25, 0.3) is 0 Å². The van der Waals surface area contributed by atoms with Crippen molar-refractivity contribution in [1.29, 1.82) is 0 Å². The van der Waals surface area contributed by atoms with Gasteiger partial charge in [-0.2, -0.15) is 0 Å². The minimum absolute atomic E-state index is 0.0252. The first-order valence-corrected chi connectivity index (χ1v) is 9.26. The minimum atomic E-state index is -3.16. The van der Waals surface area contributed by atoms with Crippen molar-refractivity contribution in [2.75, 3.05) is 0 Å². The van der Waals surface area contributed by atoms with Gasteiger partial charge in [-0.3, -0.25) is 0 Å². The van der Waals surface area contributed by atoms with Crippen molar-refractivity contribution in [3.63, 3.8) is 0 Å². The first-order chi connectivity index (χ1) is 9.35. The van der Waals surface area contributed by atoms with E-state index in [1.165, 1.54) is 16.9 Å². The van der Waals surface area contributed by atoms with E-state index in [1.54, 1.807) is 0 Å². The molecule has 0 fully saturated rings. The molecule has 0 saturated carbocycles. The summed E-state index contributed by atoms with van der Waals surface area (Å²) < 4.78 is 24.3. The van der Waals surface area contributed by atoms with Crippen molar-refractivity contribution >= 4 is 21.2 Å². The van der Waals surface area contributed by atoms with E-state index in [2.05, 4.69) is 18.8 Å². The third-order valence-electron chi connectivity index (χ3n) is 3.04. The van der Waals surface area contributed by atoms with Gasteiger partial charge in [0.15, 0.2) is 9.84 Å². The van der Waals surface area contributed by atoms with Crippen LogP contribution in [0.1, 0.15) is 41.6 Å². The van der Waals surface area contributed by atoms with Crippen molar-refractivity contribution in [2.24, 2.45) is 0 Å². The van der Waals surface area contributed by atoms with Crippen LogP contribution in [-0.4, -0.2) is 13.4 Å². The summed E-state index contributed by atoms with van der Waals surface area (Å²) in [6, 6.07) is 7.81. The summed E-state index contributed by atoms with van der Waals surface area (Å²) in [5, 5.41) is 2.55. The molecule has 0 saturated heterocycles. The van der Waals surface area contributed by atoms with Crippen LogP contribution in [0.3, 0.4) is 0 Å². The predicted octanol–water partition coefficient (Wildman–Crippen LogP) is 3.69.